The van der Waals surface area contributed by atoms with Gasteiger partial charge >= 0.3 is 0 Å². The molecule has 0 aromatic heterocycles. The maximum Gasteiger partial charge on any atom is 0.251 e. The first kappa shape index (κ1) is 14.3. The Morgan fingerprint density at radius 3 is 2.37 bits per heavy atom. The first-order valence-electron chi connectivity index (χ1n) is 7.04. The van der Waals surface area contributed by atoms with Gasteiger partial charge in [0.1, 0.15) is 11.6 Å². The Balaban J connectivity index is 1.87. The van der Waals surface area contributed by atoms with E-state index in [1.54, 1.807) is 0 Å². The van der Waals surface area contributed by atoms with E-state index in [9.17, 15) is 4.79 Å². The fraction of sp³-hybridized carbons (Fsp3) is 0.857. The summed E-state index contributed by atoms with van der Waals surface area (Å²) in [6.45, 7) is 8.76. The molecule has 0 bridgehead atoms. The van der Waals surface area contributed by atoms with Gasteiger partial charge in [0.2, 0.25) is 0 Å². The zero-order valence-corrected chi connectivity index (χ0v) is 12.1. The average Bonchev–Trinajstić information content (AvgIpc) is 2.85. The van der Waals surface area contributed by atoms with Gasteiger partial charge in [0.15, 0.2) is 0 Å². The number of ether oxygens (including phenoxy) is 1. The van der Waals surface area contributed by atoms with Gasteiger partial charge in [0.05, 0.1) is 12.2 Å². The third-order valence-electron chi connectivity index (χ3n) is 4.16. The van der Waals surface area contributed by atoms with Crippen molar-refractivity contribution in [3.63, 3.8) is 0 Å². The molecule has 1 amide bonds. The number of amides is 1. The van der Waals surface area contributed by atoms with Crippen LogP contribution in [-0.2, 0) is 9.53 Å². The molecule has 2 fully saturated rings. The number of hydrogen-bond acceptors (Lipinski definition) is 4. The van der Waals surface area contributed by atoms with Crippen LogP contribution in [-0.4, -0.2) is 59.6 Å². The number of carbonyl (C=O) groups excluding carboxylic acids is 1. The topological polar surface area (TPSA) is 56.6 Å². The van der Waals surface area contributed by atoms with Crippen molar-refractivity contribution < 1.29 is 9.53 Å². The van der Waals surface area contributed by atoms with Crippen molar-refractivity contribution in [2.75, 3.05) is 26.2 Å². The fourth-order valence-electron chi connectivity index (χ4n) is 2.74. The van der Waals surface area contributed by atoms with Crippen LogP contribution in [0.4, 0.5) is 0 Å². The monoisotopic (exact) mass is 265 g/mol. The molecule has 19 heavy (non-hydrogen) atoms. The van der Waals surface area contributed by atoms with E-state index >= 15 is 0 Å². The van der Waals surface area contributed by atoms with Crippen molar-refractivity contribution in [3.8, 4) is 6.07 Å². The molecule has 0 aromatic rings. The van der Waals surface area contributed by atoms with Crippen LogP contribution in [0, 0.1) is 11.3 Å². The highest BCUT2D eigenvalue weighted by atomic mass is 16.5. The lowest BCUT2D eigenvalue weighted by molar-refractivity contribution is -0.144. The molecule has 0 aliphatic carbocycles. The van der Waals surface area contributed by atoms with Crippen molar-refractivity contribution in [1.82, 2.24) is 9.80 Å². The van der Waals surface area contributed by atoms with E-state index in [4.69, 9.17) is 10.00 Å². The molecule has 2 heterocycles. The molecule has 5 nitrogen and oxygen atoms in total. The number of nitriles is 1. The maximum atomic E-state index is 12.3. The number of hydrogen-bond donors (Lipinski definition) is 0. The Morgan fingerprint density at radius 2 is 1.89 bits per heavy atom. The zero-order chi connectivity index (χ0) is 14.0. The van der Waals surface area contributed by atoms with Gasteiger partial charge in [0, 0.05) is 26.2 Å². The van der Waals surface area contributed by atoms with Gasteiger partial charge in [0.25, 0.3) is 5.91 Å². The molecule has 2 atom stereocenters. The van der Waals surface area contributed by atoms with Crippen molar-refractivity contribution in [1.29, 1.82) is 5.26 Å². The van der Waals surface area contributed by atoms with Crippen LogP contribution in [0.25, 0.3) is 0 Å². The Bertz CT molecular complexity index is 381. The molecule has 106 valence electrons. The minimum absolute atomic E-state index is 0.124. The smallest absolute Gasteiger partial charge is 0.251 e. The number of nitrogens with zero attached hydrogens (tertiary/aromatic N) is 3. The summed E-state index contributed by atoms with van der Waals surface area (Å²) in [5, 5.41) is 9.13. The predicted molar refractivity (Wildman–Crippen MR) is 71.4 cm³/mol. The van der Waals surface area contributed by atoms with Crippen molar-refractivity contribution >= 4 is 5.91 Å². The van der Waals surface area contributed by atoms with Crippen LogP contribution in [0.3, 0.4) is 0 Å². The fourth-order valence-corrected chi connectivity index (χ4v) is 2.74. The Hall–Kier alpha value is -1.12. The minimum Gasteiger partial charge on any atom is -0.365 e. The molecular formula is C14H23N3O2. The summed E-state index contributed by atoms with van der Waals surface area (Å²) in [6.07, 6.45) is 1.76. The average molecular weight is 265 g/mol. The van der Waals surface area contributed by atoms with E-state index < -0.39 is 5.54 Å². The summed E-state index contributed by atoms with van der Waals surface area (Å²) in [5.41, 5.74) is -0.451. The van der Waals surface area contributed by atoms with Crippen LogP contribution in [0.2, 0.25) is 0 Å². The van der Waals surface area contributed by atoms with E-state index in [1.165, 1.54) is 0 Å². The SMILES string of the molecule is CC1CCC(C(=O)N2CCN(C(C)(C)C#N)CC2)O1. The Morgan fingerprint density at radius 1 is 1.26 bits per heavy atom. The molecule has 2 saturated heterocycles. The van der Waals surface area contributed by atoms with Crippen LogP contribution >= 0.6 is 0 Å². The third kappa shape index (κ3) is 3.07. The van der Waals surface area contributed by atoms with Gasteiger partial charge in [-0.05, 0) is 33.6 Å². The summed E-state index contributed by atoms with van der Waals surface area (Å²) >= 11 is 0. The molecule has 2 aliphatic heterocycles. The van der Waals surface area contributed by atoms with E-state index in [-0.39, 0.29) is 18.1 Å². The van der Waals surface area contributed by atoms with Crippen LogP contribution in [0.15, 0.2) is 0 Å². The lowest BCUT2D eigenvalue weighted by Crippen LogP contribution is -2.56. The third-order valence-corrected chi connectivity index (χ3v) is 4.16. The predicted octanol–water partition coefficient (Wildman–Crippen LogP) is 1.00. The standard InChI is InChI=1S/C14H23N3O2/c1-11-4-5-12(19-11)13(18)16-6-8-17(9-7-16)14(2,3)10-15/h11-12H,4-9H2,1-3H3. The van der Waals surface area contributed by atoms with Gasteiger partial charge in [-0.3, -0.25) is 9.69 Å². The molecule has 0 radical (unpaired) electrons. The lowest BCUT2D eigenvalue weighted by Gasteiger charge is -2.41. The zero-order valence-electron chi connectivity index (χ0n) is 12.1. The quantitative estimate of drug-likeness (QED) is 0.747. The lowest BCUT2D eigenvalue weighted by atomic mass is 10.0. The van der Waals surface area contributed by atoms with E-state index in [1.807, 2.05) is 25.7 Å². The van der Waals surface area contributed by atoms with E-state index in [0.29, 0.717) is 13.1 Å². The highest BCUT2D eigenvalue weighted by Gasteiger charge is 2.35. The molecule has 0 N–H and O–H groups in total. The van der Waals surface area contributed by atoms with Gasteiger partial charge in [-0.15, -0.1) is 0 Å². The van der Waals surface area contributed by atoms with Crippen molar-refractivity contribution in [3.05, 3.63) is 0 Å². The summed E-state index contributed by atoms with van der Waals surface area (Å²) in [4.78, 5) is 16.3. The molecule has 0 aromatic carbocycles. The summed E-state index contributed by atoms with van der Waals surface area (Å²) in [5.74, 6) is 0.124. The second-order valence-electron chi connectivity index (χ2n) is 6.00. The maximum absolute atomic E-state index is 12.3. The highest BCUT2D eigenvalue weighted by Crippen LogP contribution is 2.22. The summed E-state index contributed by atoms with van der Waals surface area (Å²) < 4.78 is 5.63. The summed E-state index contributed by atoms with van der Waals surface area (Å²) in [6, 6.07) is 2.31. The molecule has 5 heteroatoms. The van der Waals surface area contributed by atoms with Gasteiger partial charge in [-0.25, -0.2) is 0 Å². The first-order chi connectivity index (χ1) is 8.94. The first-order valence-corrected chi connectivity index (χ1v) is 7.04. The highest BCUT2D eigenvalue weighted by molar-refractivity contribution is 5.81. The van der Waals surface area contributed by atoms with Crippen LogP contribution < -0.4 is 0 Å². The molecule has 2 rings (SSSR count). The number of carbonyl (C=O) groups is 1. The number of rotatable bonds is 2. The molecule has 2 unspecified atom stereocenters. The second kappa shape index (κ2) is 5.48. The van der Waals surface area contributed by atoms with Crippen molar-refractivity contribution in [2.24, 2.45) is 0 Å². The molecule has 2 aliphatic rings. The summed E-state index contributed by atoms with van der Waals surface area (Å²) in [7, 11) is 0. The van der Waals surface area contributed by atoms with Crippen molar-refractivity contribution in [2.45, 2.75) is 51.4 Å². The largest absolute Gasteiger partial charge is 0.365 e. The van der Waals surface area contributed by atoms with E-state index in [0.717, 1.165) is 25.9 Å². The van der Waals surface area contributed by atoms with Gasteiger partial charge in [-0.1, -0.05) is 0 Å². The normalized spacial score (nSPS) is 29.3. The van der Waals surface area contributed by atoms with E-state index in [2.05, 4.69) is 11.0 Å². The van der Waals surface area contributed by atoms with Crippen LogP contribution in [0.5, 0.6) is 0 Å². The van der Waals surface area contributed by atoms with Gasteiger partial charge < -0.3 is 9.64 Å². The molecular weight excluding hydrogens is 242 g/mol. The Kier molecular flexibility index (Phi) is 4.12. The molecule has 0 saturated carbocycles. The number of piperazine rings is 1. The van der Waals surface area contributed by atoms with Crippen LogP contribution in [0.1, 0.15) is 33.6 Å². The Labute approximate surface area is 115 Å². The van der Waals surface area contributed by atoms with Gasteiger partial charge in [-0.2, -0.15) is 5.26 Å². The minimum atomic E-state index is -0.451. The molecule has 0 spiro atoms. The second-order valence-corrected chi connectivity index (χ2v) is 6.00.